The summed E-state index contributed by atoms with van der Waals surface area (Å²) in [4.78, 5) is 13.1. The van der Waals surface area contributed by atoms with Crippen molar-refractivity contribution in [2.45, 2.75) is 31.7 Å². The minimum Gasteiger partial charge on any atom is -0.481 e. The summed E-state index contributed by atoms with van der Waals surface area (Å²) in [6.07, 6.45) is -0.508. The zero-order valence-corrected chi connectivity index (χ0v) is 10.6. The van der Waals surface area contributed by atoms with Crippen LogP contribution in [-0.4, -0.2) is 29.1 Å². The van der Waals surface area contributed by atoms with Gasteiger partial charge in [-0.2, -0.15) is 0 Å². The lowest BCUT2D eigenvalue weighted by molar-refractivity contribution is -0.138. The summed E-state index contributed by atoms with van der Waals surface area (Å²) < 4.78 is 25.4. The Morgan fingerprint density at radius 1 is 1.26 bits per heavy atom. The van der Waals surface area contributed by atoms with Gasteiger partial charge >= 0.3 is 5.97 Å². The minimum absolute atomic E-state index is 0.0489. The summed E-state index contributed by atoms with van der Waals surface area (Å²) in [6, 6.07) is 5.80. The van der Waals surface area contributed by atoms with Crippen LogP contribution in [0.3, 0.4) is 0 Å². The molecule has 0 aliphatic carbocycles. The lowest BCUT2D eigenvalue weighted by Gasteiger charge is -2.27. The van der Waals surface area contributed by atoms with Crippen LogP contribution >= 0.6 is 0 Å². The first-order valence-electron chi connectivity index (χ1n) is 6.42. The molecule has 0 spiro atoms. The van der Waals surface area contributed by atoms with Crippen molar-refractivity contribution in [1.29, 1.82) is 0 Å². The maximum atomic E-state index is 12.7. The first-order valence-corrected chi connectivity index (χ1v) is 6.42. The van der Waals surface area contributed by atoms with Crippen LogP contribution in [0.5, 0.6) is 0 Å². The molecule has 0 amide bonds. The third-order valence-corrected chi connectivity index (χ3v) is 3.50. The second kappa shape index (κ2) is 6.10. The van der Waals surface area contributed by atoms with Crippen molar-refractivity contribution in [2.24, 2.45) is 0 Å². The van der Waals surface area contributed by atoms with Crippen LogP contribution < -0.4 is 0 Å². The fourth-order valence-corrected chi connectivity index (χ4v) is 2.58. The Kier molecular flexibility index (Phi) is 4.47. The van der Waals surface area contributed by atoms with Crippen LogP contribution in [0.4, 0.5) is 8.78 Å². The highest BCUT2D eigenvalue weighted by Gasteiger charge is 2.26. The monoisotopic (exact) mass is 269 g/mol. The van der Waals surface area contributed by atoms with E-state index in [0.29, 0.717) is 5.56 Å². The topological polar surface area (TPSA) is 40.5 Å². The second-order valence-corrected chi connectivity index (χ2v) is 4.83. The SMILES string of the molecule is O=C(O)CC(c1cccc(C(F)F)c1)N1CCCC1. The lowest BCUT2D eigenvalue weighted by Crippen LogP contribution is -2.27. The molecule has 19 heavy (non-hydrogen) atoms. The molecule has 0 radical (unpaired) electrons. The molecule has 1 saturated heterocycles. The number of carboxylic acids is 1. The van der Waals surface area contributed by atoms with E-state index >= 15 is 0 Å². The van der Waals surface area contributed by atoms with Crippen molar-refractivity contribution < 1.29 is 18.7 Å². The molecule has 3 nitrogen and oxygen atoms in total. The molecule has 0 bridgehead atoms. The van der Waals surface area contributed by atoms with Crippen molar-refractivity contribution in [3.05, 3.63) is 35.4 Å². The molecule has 1 aliphatic rings. The molecule has 1 N–H and O–H groups in total. The van der Waals surface area contributed by atoms with Gasteiger partial charge in [-0.05, 0) is 37.6 Å². The quantitative estimate of drug-likeness (QED) is 0.892. The number of likely N-dealkylation sites (tertiary alicyclic amines) is 1. The highest BCUT2D eigenvalue weighted by molar-refractivity contribution is 5.68. The number of carbonyl (C=O) groups is 1. The van der Waals surface area contributed by atoms with E-state index in [2.05, 4.69) is 4.90 Å². The van der Waals surface area contributed by atoms with E-state index in [1.165, 1.54) is 12.1 Å². The molecule has 1 aromatic carbocycles. The van der Waals surface area contributed by atoms with Crippen molar-refractivity contribution in [3.63, 3.8) is 0 Å². The maximum Gasteiger partial charge on any atom is 0.305 e. The van der Waals surface area contributed by atoms with Crippen LogP contribution in [0.15, 0.2) is 24.3 Å². The third-order valence-electron chi connectivity index (χ3n) is 3.50. The van der Waals surface area contributed by atoms with Crippen LogP contribution in [0.1, 0.15) is 42.9 Å². The number of alkyl halides is 2. The van der Waals surface area contributed by atoms with Crippen molar-refractivity contribution in [3.8, 4) is 0 Å². The summed E-state index contributed by atoms with van der Waals surface area (Å²) in [5.74, 6) is -0.903. The predicted octanol–water partition coefficient (Wildman–Crippen LogP) is 3.24. The van der Waals surface area contributed by atoms with E-state index in [4.69, 9.17) is 5.11 Å². The van der Waals surface area contributed by atoms with Crippen LogP contribution in [0.2, 0.25) is 0 Å². The summed E-state index contributed by atoms with van der Waals surface area (Å²) in [7, 11) is 0. The van der Waals surface area contributed by atoms with Crippen molar-refractivity contribution in [1.82, 2.24) is 4.90 Å². The van der Waals surface area contributed by atoms with E-state index in [1.807, 2.05) is 0 Å². The highest BCUT2D eigenvalue weighted by Crippen LogP contribution is 2.30. The molecule has 1 fully saturated rings. The Morgan fingerprint density at radius 2 is 1.89 bits per heavy atom. The first kappa shape index (κ1) is 13.9. The zero-order valence-electron chi connectivity index (χ0n) is 10.6. The summed E-state index contributed by atoms with van der Waals surface area (Å²) in [6.45, 7) is 1.66. The van der Waals surface area contributed by atoms with Crippen molar-refractivity contribution >= 4 is 5.97 Å². The Bertz CT molecular complexity index is 445. The van der Waals surface area contributed by atoms with E-state index in [-0.39, 0.29) is 18.0 Å². The largest absolute Gasteiger partial charge is 0.481 e. The van der Waals surface area contributed by atoms with Gasteiger partial charge in [-0.3, -0.25) is 9.69 Å². The summed E-state index contributed by atoms with van der Waals surface area (Å²) >= 11 is 0. The molecule has 2 rings (SSSR count). The van der Waals surface area contributed by atoms with Gasteiger partial charge in [-0.1, -0.05) is 18.2 Å². The van der Waals surface area contributed by atoms with E-state index in [0.717, 1.165) is 25.9 Å². The number of benzene rings is 1. The third kappa shape index (κ3) is 3.50. The molecule has 5 heteroatoms. The fraction of sp³-hybridized carbons (Fsp3) is 0.500. The zero-order chi connectivity index (χ0) is 13.8. The Labute approximate surface area is 110 Å². The lowest BCUT2D eigenvalue weighted by atomic mass is 10.00. The molecule has 1 aromatic rings. The molecule has 1 atom stereocenters. The van der Waals surface area contributed by atoms with E-state index < -0.39 is 12.4 Å². The predicted molar refractivity (Wildman–Crippen MR) is 67.2 cm³/mol. The number of halogens is 2. The van der Waals surface area contributed by atoms with Gasteiger partial charge in [0, 0.05) is 11.6 Å². The fourth-order valence-electron chi connectivity index (χ4n) is 2.58. The molecule has 104 valence electrons. The van der Waals surface area contributed by atoms with Gasteiger partial charge < -0.3 is 5.11 Å². The van der Waals surface area contributed by atoms with E-state index in [1.54, 1.807) is 12.1 Å². The first-order chi connectivity index (χ1) is 9.08. The van der Waals surface area contributed by atoms with Gasteiger partial charge in [0.2, 0.25) is 0 Å². The Morgan fingerprint density at radius 3 is 2.47 bits per heavy atom. The van der Waals surface area contributed by atoms with Gasteiger partial charge in [-0.25, -0.2) is 8.78 Å². The van der Waals surface area contributed by atoms with Gasteiger partial charge in [-0.15, -0.1) is 0 Å². The van der Waals surface area contributed by atoms with Gasteiger partial charge in [0.05, 0.1) is 6.42 Å². The van der Waals surface area contributed by atoms with E-state index in [9.17, 15) is 13.6 Å². The Balaban J connectivity index is 2.25. The molecule has 1 unspecified atom stereocenters. The van der Waals surface area contributed by atoms with Gasteiger partial charge in [0.25, 0.3) is 6.43 Å². The molecule has 0 saturated carbocycles. The van der Waals surface area contributed by atoms with Crippen LogP contribution in [0, 0.1) is 0 Å². The average molecular weight is 269 g/mol. The molecule has 1 aliphatic heterocycles. The number of rotatable bonds is 5. The van der Waals surface area contributed by atoms with Gasteiger partial charge in [0.1, 0.15) is 0 Å². The summed E-state index contributed by atoms with van der Waals surface area (Å²) in [5, 5.41) is 9.01. The number of carboxylic acid groups (broad SMARTS) is 1. The average Bonchev–Trinajstić information content (AvgIpc) is 2.89. The molecule has 0 aromatic heterocycles. The number of aliphatic carboxylic acids is 1. The molecular weight excluding hydrogens is 252 g/mol. The molecule has 1 heterocycles. The molecular formula is C14H17F2NO2. The number of hydrogen-bond donors (Lipinski definition) is 1. The number of hydrogen-bond acceptors (Lipinski definition) is 2. The maximum absolute atomic E-state index is 12.7. The highest BCUT2D eigenvalue weighted by atomic mass is 19.3. The normalized spacial score (nSPS) is 17.8. The van der Waals surface area contributed by atoms with Gasteiger partial charge in [0.15, 0.2) is 0 Å². The number of nitrogens with zero attached hydrogens (tertiary/aromatic N) is 1. The second-order valence-electron chi connectivity index (χ2n) is 4.83. The Hall–Kier alpha value is -1.49. The van der Waals surface area contributed by atoms with Crippen molar-refractivity contribution in [2.75, 3.05) is 13.1 Å². The summed E-state index contributed by atoms with van der Waals surface area (Å²) in [5.41, 5.74) is 0.620. The minimum atomic E-state index is -2.52. The van der Waals surface area contributed by atoms with Crippen LogP contribution in [0.25, 0.3) is 0 Å². The van der Waals surface area contributed by atoms with Crippen LogP contribution in [-0.2, 0) is 4.79 Å². The smallest absolute Gasteiger partial charge is 0.305 e. The standard InChI is InChI=1S/C14H17F2NO2/c15-14(16)11-5-3-4-10(8-11)12(9-13(18)19)17-6-1-2-7-17/h3-5,8,12,14H,1-2,6-7,9H2,(H,18,19).